The van der Waals surface area contributed by atoms with Crippen molar-refractivity contribution in [2.45, 2.75) is 59.0 Å². The molecule has 3 rings (SSSR count). The number of aromatic amines is 1. The molecule has 6 nitrogen and oxygen atoms in total. The molecule has 0 aliphatic rings. The topological polar surface area (TPSA) is 83.9 Å². The van der Waals surface area contributed by atoms with Crippen molar-refractivity contribution in [2.24, 2.45) is 0 Å². The first kappa shape index (κ1) is 19.9. The number of benzene rings is 2. The van der Waals surface area contributed by atoms with Gasteiger partial charge in [-0.25, -0.2) is 5.10 Å². The highest BCUT2D eigenvalue weighted by Gasteiger charge is 2.27. The van der Waals surface area contributed by atoms with Crippen LogP contribution < -0.4 is 4.74 Å². The third kappa shape index (κ3) is 4.32. The molecule has 0 amide bonds. The molecule has 0 fully saturated rings. The Balaban J connectivity index is 1.90. The van der Waals surface area contributed by atoms with E-state index in [1.54, 1.807) is 0 Å². The monoisotopic (exact) mass is 380 g/mol. The zero-order chi connectivity index (χ0) is 20.5. The number of tetrazole rings is 1. The summed E-state index contributed by atoms with van der Waals surface area (Å²) in [5, 5.41) is 24.8. The second-order valence-corrected chi connectivity index (χ2v) is 9.11. The SMILES string of the molecule is CC(C)(C)c1cc(OCc2cccc(-c3nnn[nH]3)c2)cc(C(C)(C)C)c1O. The van der Waals surface area contributed by atoms with E-state index in [1.807, 2.05) is 36.4 Å². The summed E-state index contributed by atoms with van der Waals surface area (Å²) in [6.45, 7) is 13.0. The molecule has 1 heterocycles. The summed E-state index contributed by atoms with van der Waals surface area (Å²) in [7, 11) is 0. The van der Waals surface area contributed by atoms with Gasteiger partial charge in [-0.15, -0.1) is 5.10 Å². The van der Waals surface area contributed by atoms with Gasteiger partial charge in [0.25, 0.3) is 0 Å². The van der Waals surface area contributed by atoms with Crippen LogP contribution >= 0.6 is 0 Å². The van der Waals surface area contributed by atoms with Crippen molar-refractivity contribution in [3.63, 3.8) is 0 Å². The predicted octanol–water partition coefficient (Wildman–Crippen LogP) is 4.75. The van der Waals surface area contributed by atoms with Crippen molar-refractivity contribution in [1.82, 2.24) is 20.6 Å². The average Bonchev–Trinajstić information content (AvgIpc) is 3.14. The fourth-order valence-electron chi connectivity index (χ4n) is 3.09. The molecule has 0 aliphatic carbocycles. The molecule has 0 unspecified atom stereocenters. The molecule has 6 heteroatoms. The van der Waals surface area contributed by atoms with Gasteiger partial charge in [-0.05, 0) is 45.0 Å². The maximum absolute atomic E-state index is 10.8. The lowest BCUT2D eigenvalue weighted by atomic mass is 9.79. The van der Waals surface area contributed by atoms with Gasteiger partial charge in [-0.2, -0.15) is 0 Å². The zero-order valence-corrected chi connectivity index (χ0v) is 17.4. The number of phenols is 1. The maximum atomic E-state index is 10.8. The number of H-pyrrole nitrogens is 1. The van der Waals surface area contributed by atoms with E-state index < -0.39 is 0 Å². The van der Waals surface area contributed by atoms with Crippen LogP contribution in [0.1, 0.15) is 58.2 Å². The highest BCUT2D eigenvalue weighted by atomic mass is 16.5. The lowest BCUT2D eigenvalue weighted by molar-refractivity contribution is 0.302. The molecular weight excluding hydrogens is 352 g/mol. The molecule has 0 bridgehead atoms. The predicted molar refractivity (Wildman–Crippen MR) is 109 cm³/mol. The molecule has 0 saturated carbocycles. The first-order valence-corrected chi connectivity index (χ1v) is 9.39. The van der Waals surface area contributed by atoms with Crippen LogP contribution in [0.2, 0.25) is 0 Å². The molecule has 3 aromatic rings. The standard InChI is InChI=1S/C22H28N4O2/c1-21(2,3)17-11-16(12-18(19(17)27)22(4,5)6)28-13-14-8-7-9-15(10-14)20-23-25-26-24-20/h7-12,27H,13H2,1-6H3,(H,23,24,25,26). The number of rotatable bonds is 4. The minimum atomic E-state index is -0.192. The van der Waals surface area contributed by atoms with Crippen molar-refractivity contribution in [1.29, 1.82) is 0 Å². The number of phenolic OH excluding ortho intramolecular Hbond substituents is 1. The number of aromatic hydroxyl groups is 1. The summed E-state index contributed by atoms with van der Waals surface area (Å²) >= 11 is 0. The van der Waals surface area contributed by atoms with Crippen LogP contribution in [0.15, 0.2) is 36.4 Å². The van der Waals surface area contributed by atoms with E-state index in [2.05, 4.69) is 62.2 Å². The van der Waals surface area contributed by atoms with E-state index in [4.69, 9.17) is 4.74 Å². The van der Waals surface area contributed by atoms with E-state index in [9.17, 15) is 5.11 Å². The Morgan fingerprint density at radius 1 is 0.964 bits per heavy atom. The summed E-state index contributed by atoms with van der Waals surface area (Å²) in [5.41, 5.74) is 3.30. The average molecular weight is 380 g/mol. The molecular formula is C22H28N4O2. The lowest BCUT2D eigenvalue weighted by Gasteiger charge is -2.28. The Kier molecular flexibility index (Phi) is 5.15. The number of aromatic nitrogens is 4. The van der Waals surface area contributed by atoms with Gasteiger partial charge in [0, 0.05) is 16.7 Å². The molecule has 148 valence electrons. The minimum absolute atomic E-state index is 0.192. The molecule has 2 N–H and O–H groups in total. The highest BCUT2D eigenvalue weighted by molar-refractivity contribution is 5.55. The van der Waals surface area contributed by atoms with Crippen molar-refractivity contribution < 1.29 is 9.84 Å². The van der Waals surface area contributed by atoms with Crippen LogP contribution in [-0.4, -0.2) is 25.7 Å². The zero-order valence-electron chi connectivity index (χ0n) is 17.4. The normalized spacial score (nSPS) is 12.2. The van der Waals surface area contributed by atoms with Crippen molar-refractivity contribution in [2.75, 3.05) is 0 Å². The molecule has 0 radical (unpaired) electrons. The summed E-state index contributed by atoms with van der Waals surface area (Å²) in [6.07, 6.45) is 0. The molecule has 0 atom stereocenters. The molecule has 2 aromatic carbocycles. The van der Waals surface area contributed by atoms with Crippen molar-refractivity contribution in [3.05, 3.63) is 53.1 Å². The summed E-state index contributed by atoms with van der Waals surface area (Å²) in [5.74, 6) is 1.73. The summed E-state index contributed by atoms with van der Waals surface area (Å²) in [6, 6.07) is 11.8. The number of hydrogen-bond acceptors (Lipinski definition) is 5. The van der Waals surface area contributed by atoms with E-state index in [0.29, 0.717) is 18.2 Å². The largest absolute Gasteiger partial charge is 0.507 e. The molecule has 28 heavy (non-hydrogen) atoms. The Bertz CT molecular complexity index is 916. The van der Waals surface area contributed by atoms with Crippen LogP contribution in [0.25, 0.3) is 11.4 Å². The first-order chi connectivity index (χ1) is 13.1. The van der Waals surface area contributed by atoms with Crippen LogP contribution in [-0.2, 0) is 17.4 Å². The van der Waals surface area contributed by atoms with Gasteiger partial charge >= 0.3 is 0 Å². The van der Waals surface area contributed by atoms with E-state index in [0.717, 1.165) is 28.0 Å². The van der Waals surface area contributed by atoms with Crippen molar-refractivity contribution in [3.8, 4) is 22.9 Å². The Morgan fingerprint density at radius 2 is 1.61 bits per heavy atom. The third-order valence-corrected chi connectivity index (χ3v) is 4.65. The van der Waals surface area contributed by atoms with Gasteiger partial charge in [-0.1, -0.05) is 59.7 Å². The Hall–Kier alpha value is -2.89. The second-order valence-electron chi connectivity index (χ2n) is 9.11. The van der Waals surface area contributed by atoms with Crippen LogP contribution in [0, 0.1) is 0 Å². The van der Waals surface area contributed by atoms with Gasteiger partial charge in [0.15, 0.2) is 5.82 Å². The molecule has 0 saturated heterocycles. The smallest absolute Gasteiger partial charge is 0.179 e. The molecule has 0 aliphatic heterocycles. The fourth-order valence-corrected chi connectivity index (χ4v) is 3.09. The van der Waals surface area contributed by atoms with Gasteiger partial charge in [0.05, 0.1) is 0 Å². The second kappa shape index (κ2) is 7.26. The van der Waals surface area contributed by atoms with Crippen LogP contribution in [0.5, 0.6) is 11.5 Å². The number of ether oxygens (including phenoxy) is 1. The van der Waals surface area contributed by atoms with Gasteiger partial charge in [-0.3, -0.25) is 0 Å². The molecule has 1 aromatic heterocycles. The maximum Gasteiger partial charge on any atom is 0.179 e. The fraction of sp³-hybridized carbons (Fsp3) is 0.409. The summed E-state index contributed by atoms with van der Waals surface area (Å²) < 4.78 is 6.12. The Labute approximate surface area is 166 Å². The van der Waals surface area contributed by atoms with E-state index in [1.165, 1.54) is 0 Å². The quantitative estimate of drug-likeness (QED) is 0.682. The lowest BCUT2D eigenvalue weighted by Crippen LogP contribution is -2.17. The van der Waals surface area contributed by atoms with Crippen LogP contribution in [0.3, 0.4) is 0 Å². The Morgan fingerprint density at radius 3 is 2.14 bits per heavy atom. The number of nitrogens with one attached hydrogen (secondary N) is 1. The number of nitrogens with zero attached hydrogens (tertiary/aromatic N) is 3. The third-order valence-electron chi connectivity index (χ3n) is 4.65. The van der Waals surface area contributed by atoms with Gasteiger partial charge in [0.1, 0.15) is 18.1 Å². The summed E-state index contributed by atoms with van der Waals surface area (Å²) in [4.78, 5) is 0. The van der Waals surface area contributed by atoms with Crippen molar-refractivity contribution >= 4 is 0 Å². The minimum Gasteiger partial charge on any atom is -0.507 e. The first-order valence-electron chi connectivity index (χ1n) is 9.39. The number of hydrogen-bond donors (Lipinski definition) is 2. The van der Waals surface area contributed by atoms with Crippen LogP contribution in [0.4, 0.5) is 0 Å². The van der Waals surface area contributed by atoms with Gasteiger partial charge in [0.2, 0.25) is 0 Å². The molecule has 0 spiro atoms. The van der Waals surface area contributed by atoms with E-state index in [-0.39, 0.29) is 10.8 Å². The highest BCUT2D eigenvalue weighted by Crippen LogP contribution is 2.41. The van der Waals surface area contributed by atoms with E-state index >= 15 is 0 Å². The van der Waals surface area contributed by atoms with Gasteiger partial charge < -0.3 is 9.84 Å².